The van der Waals surface area contributed by atoms with Crippen molar-refractivity contribution < 1.29 is 9.53 Å². The van der Waals surface area contributed by atoms with Crippen molar-refractivity contribution in [2.75, 3.05) is 31.2 Å². The van der Waals surface area contributed by atoms with Crippen molar-refractivity contribution in [3.05, 3.63) is 29.3 Å². The number of ketones is 1. The van der Waals surface area contributed by atoms with Crippen LogP contribution in [0.1, 0.15) is 35.7 Å². The Morgan fingerprint density at radius 3 is 2.89 bits per heavy atom. The topological polar surface area (TPSA) is 29.5 Å². The quantitative estimate of drug-likeness (QED) is 0.782. The van der Waals surface area contributed by atoms with Crippen LogP contribution < -0.4 is 4.90 Å². The molecule has 0 saturated carbocycles. The molecule has 1 fully saturated rings. The predicted octanol–water partition coefficient (Wildman–Crippen LogP) is 2.68. The average molecular weight is 259 g/mol. The van der Waals surface area contributed by atoms with Crippen molar-refractivity contribution in [3.8, 4) is 0 Å². The highest BCUT2D eigenvalue weighted by Gasteiger charge is 2.24. The van der Waals surface area contributed by atoms with Crippen molar-refractivity contribution in [2.24, 2.45) is 5.92 Å². The Balaban J connectivity index is 1.76. The number of benzene rings is 1. The van der Waals surface area contributed by atoms with Gasteiger partial charge in [-0.25, -0.2) is 0 Å². The molecule has 3 rings (SSSR count). The van der Waals surface area contributed by atoms with Gasteiger partial charge in [-0.1, -0.05) is 12.1 Å². The molecule has 1 aromatic rings. The Bertz CT molecular complexity index is 478. The average Bonchev–Trinajstić information content (AvgIpc) is 2.82. The number of hydrogen-bond acceptors (Lipinski definition) is 3. The summed E-state index contributed by atoms with van der Waals surface area (Å²) in [4.78, 5) is 14.0. The molecule has 0 aliphatic carbocycles. The molecule has 0 bridgehead atoms. The van der Waals surface area contributed by atoms with Gasteiger partial charge in [0.2, 0.25) is 0 Å². The lowest BCUT2D eigenvalue weighted by Gasteiger charge is -2.28. The molecule has 1 saturated heterocycles. The maximum atomic E-state index is 11.5. The van der Waals surface area contributed by atoms with E-state index >= 15 is 0 Å². The highest BCUT2D eigenvalue weighted by atomic mass is 16.5. The summed E-state index contributed by atoms with van der Waals surface area (Å²) >= 11 is 0. The van der Waals surface area contributed by atoms with Gasteiger partial charge in [-0.2, -0.15) is 0 Å². The molecule has 2 aliphatic rings. The van der Waals surface area contributed by atoms with Gasteiger partial charge in [-0.15, -0.1) is 0 Å². The highest BCUT2D eigenvalue weighted by Crippen LogP contribution is 2.31. The van der Waals surface area contributed by atoms with Crippen molar-refractivity contribution in [3.63, 3.8) is 0 Å². The van der Waals surface area contributed by atoms with E-state index in [2.05, 4.69) is 17.0 Å². The number of ether oxygens (including phenoxy) is 1. The number of carbonyl (C=O) groups excluding carboxylic acids is 1. The number of nitrogens with zero attached hydrogens (tertiary/aromatic N) is 1. The Hall–Kier alpha value is -1.35. The second-order valence-corrected chi connectivity index (χ2v) is 5.65. The molecule has 19 heavy (non-hydrogen) atoms. The third-order valence-corrected chi connectivity index (χ3v) is 4.30. The van der Waals surface area contributed by atoms with Crippen LogP contribution in [0.2, 0.25) is 0 Å². The SMILES string of the molecule is CC(=O)c1ccc2c(c1)N(CC1CCOCC1)CC2. The smallest absolute Gasteiger partial charge is 0.159 e. The second kappa shape index (κ2) is 5.33. The molecule has 0 amide bonds. The summed E-state index contributed by atoms with van der Waals surface area (Å²) in [6.07, 6.45) is 3.44. The summed E-state index contributed by atoms with van der Waals surface area (Å²) in [5, 5.41) is 0. The minimum Gasteiger partial charge on any atom is -0.381 e. The first-order valence-electron chi connectivity index (χ1n) is 7.20. The van der Waals surface area contributed by atoms with Gasteiger partial charge in [0.25, 0.3) is 0 Å². The number of carbonyl (C=O) groups is 1. The molecule has 0 aromatic heterocycles. The highest BCUT2D eigenvalue weighted by molar-refractivity contribution is 5.95. The summed E-state index contributed by atoms with van der Waals surface area (Å²) in [6, 6.07) is 6.15. The summed E-state index contributed by atoms with van der Waals surface area (Å²) in [7, 11) is 0. The molecular formula is C16H21NO2. The summed E-state index contributed by atoms with van der Waals surface area (Å²) in [5.41, 5.74) is 3.49. The van der Waals surface area contributed by atoms with Crippen LogP contribution in [0.5, 0.6) is 0 Å². The minimum absolute atomic E-state index is 0.153. The molecule has 1 aromatic carbocycles. The van der Waals surface area contributed by atoms with Crippen LogP contribution >= 0.6 is 0 Å². The second-order valence-electron chi connectivity index (χ2n) is 5.65. The van der Waals surface area contributed by atoms with Crippen LogP contribution in [0.4, 0.5) is 5.69 Å². The number of anilines is 1. The van der Waals surface area contributed by atoms with Gasteiger partial charge < -0.3 is 9.64 Å². The molecular weight excluding hydrogens is 238 g/mol. The van der Waals surface area contributed by atoms with E-state index < -0.39 is 0 Å². The van der Waals surface area contributed by atoms with Gasteiger partial charge in [-0.05, 0) is 43.7 Å². The first-order valence-corrected chi connectivity index (χ1v) is 7.20. The van der Waals surface area contributed by atoms with Crippen molar-refractivity contribution >= 4 is 11.5 Å². The van der Waals surface area contributed by atoms with E-state index in [-0.39, 0.29) is 5.78 Å². The van der Waals surface area contributed by atoms with E-state index in [0.717, 1.165) is 57.0 Å². The lowest BCUT2D eigenvalue weighted by molar-refractivity contribution is 0.0683. The van der Waals surface area contributed by atoms with Crippen molar-refractivity contribution in [1.29, 1.82) is 0 Å². The Kier molecular flexibility index (Phi) is 3.56. The summed E-state index contributed by atoms with van der Waals surface area (Å²) in [6.45, 7) is 5.64. The Morgan fingerprint density at radius 2 is 2.16 bits per heavy atom. The fraction of sp³-hybridized carbons (Fsp3) is 0.562. The molecule has 3 nitrogen and oxygen atoms in total. The third kappa shape index (κ3) is 2.66. The minimum atomic E-state index is 0.153. The number of hydrogen-bond donors (Lipinski definition) is 0. The predicted molar refractivity (Wildman–Crippen MR) is 75.9 cm³/mol. The Morgan fingerprint density at radius 1 is 1.37 bits per heavy atom. The largest absolute Gasteiger partial charge is 0.381 e. The van der Waals surface area contributed by atoms with Crippen LogP contribution in [-0.2, 0) is 11.2 Å². The first kappa shape index (κ1) is 12.7. The van der Waals surface area contributed by atoms with E-state index in [9.17, 15) is 4.79 Å². The molecule has 3 heteroatoms. The van der Waals surface area contributed by atoms with Crippen LogP contribution in [0.3, 0.4) is 0 Å². The summed E-state index contributed by atoms with van der Waals surface area (Å²) < 4.78 is 5.42. The molecule has 2 aliphatic heterocycles. The molecule has 0 unspecified atom stereocenters. The van der Waals surface area contributed by atoms with Gasteiger partial charge in [0, 0.05) is 37.6 Å². The summed E-state index contributed by atoms with van der Waals surface area (Å²) in [5.74, 6) is 0.890. The molecule has 0 radical (unpaired) electrons. The van der Waals surface area contributed by atoms with Gasteiger partial charge in [0.05, 0.1) is 0 Å². The van der Waals surface area contributed by atoms with Crippen molar-refractivity contribution in [2.45, 2.75) is 26.2 Å². The molecule has 0 N–H and O–H groups in total. The number of rotatable bonds is 3. The van der Waals surface area contributed by atoms with Crippen LogP contribution in [0.25, 0.3) is 0 Å². The maximum absolute atomic E-state index is 11.5. The van der Waals surface area contributed by atoms with Gasteiger partial charge >= 0.3 is 0 Å². The van der Waals surface area contributed by atoms with Gasteiger partial charge in [0.1, 0.15) is 0 Å². The van der Waals surface area contributed by atoms with E-state index in [1.54, 1.807) is 6.92 Å². The fourth-order valence-electron chi connectivity index (χ4n) is 3.09. The monoisotopic (exact) mass is 259 g/mol. The molecule has 0 spiro atoms. The van der Waals surface area contributed by atoms with E-state index in [0.29, 0.717) is 0 Å². The van der Waals surface area contributed by atoms with E-state index in [1.807, 2.05) is 6.07 Å². The van der Waals surface area contributed by atoms with E-state index in [4.69, 9.17) is 4.74 Å². The number of Topliss-reactive ketones (excluding diaryl/α,β-unsaturated/α-hetero) is 1. The van der Waals surface area contributed by atoms with Crippen LogP contribution in [-0.4, -0.2) is 32.1 Å². The first-order chi connectivity index (χ1) is 9.24. The normalized spacial score (nSPS) is 19.5. The zero-order valence-electron chi connectivity index (χ0n) is 11.5. The van der Waals surface area contributed by atoms with Gasteiger partial charge in [0.15, 0.2) is 5.78 Å². The maximum Gasteiger partial charge on any atom is 0.159 e. The lowest BCUT2D eigenvalue weighted by atomic mass is 9.99. The molecule has 102 valence electrons. The zero-order valence-corrected chi connectivity index (χ0v) is 11.5. The van der Waals surface area contributed by atoms with Crippen molar-refractivity contribution in [1.82, 2.24) is 0 Å². The lowest BCUT2D eigenvalue weighted by Crippen LogP contribution is -2.31. The fourth-order valence-corrected chi connectivity index (χ4v) is 3.09. The van der Waals surface area contributed by atoms with Crippen LogP contribution in [0.15, 0.2) is 18.2 Å². The standard InChI is InChI=1S/C16H21NO2/c1-12(18)15-3-2-14-4-7-17(16(14)10-15)11-13-5-8-19-9-6-13/h2-3,10,13H,4-9,11H2,1H3. The number of fused-ring (bicyclic) bond motifs is 1. The molecule has 0 atom stereocenters. The zero-order chi connectivity index (χ0) is 13.2. The van der Waals surface area contributed by atoms with E-state index in [1.165, 1.54) is 11.3 Å². The third-order valence-electron chi connectivity index (χ3n) is 4.30. The molecule has 2 heterocycles. The Labute approximate surface area is 114 Å². The van der Waals surface area contributed by atoms with Gasteiger partial charge in [-0.3, -0.25) is 4.79 Å². The van der Waals surface area contributed by atoms with Crippen LogP contribution in [0, 0.1) is 5.92 Å².